The molecule has 4 atom stereocenters. The summed E-state index contributed by atoms with van der Waals surface area (Å²) in [6.07, 6.45) is 10.2. The third kappa shape index (κ3) is 7.23. The maximum absolute atomic E-state index is 13.3. The zero-order valence-electron chi connectivity index (χ0n) is 20.5. The smallest absolute Gasteiger partial charge is 0.381 e. The van der Waals surface area contributed by atoms with E-state index in [1.807, 2.05) is 6.07 Å². The normalized spacial score (nSPS) is 22.5. The summed E-state index contributed by atoms with van der Waals surface area (Å²) < 4.78 is 39.9. The molecule has 0 amide bonds. The molecule has 0 radical (unpaired) electrons. The largest absolute Gasteiger partial charge is 0.416 e. The number of allylic oxidation sites excluding steroid dienone is 3. The Labute approximate surface area is 207 Å². The summed E-state index contributed by atoms with van der Waals surface area (Å²) in [7, 11) is 0. The SMILES string of the molecule is C[C@H](CC[C@@H]1Cc2cc(C(F)(F)F)ccc2N[C@H]1C1C=CC=CC1)CNCCCc1ccccc1. The van der Waals surface area contributed by atoms with E-state index in [2.05, 4.69) is 66.1 Å². The second kappa shape index (κ2) is 11.9. The van der Waals surface area contributed by atoms with Crippen LogP contribution < -0.4 is 10.6 Å². The Bertz CT molecular complexity index is 996. The molecule has 2 aromatic rings. The highest BCUT2D eigenvalue weighted by molar-refractivity contribution is 5.56. The molecule has 2 aromatic carbocycles. The first-order valence-corrected chi connectivity index (χ1v) is 12.9. The van der Waals surface area contributed by atoms with Crippen molar-refractivity contribution in [3.63, 3.8) is 0 Å². The van der Waals surface area contributed by atoms with Crippen molar-refractivity contribution in [1.29, 1.82) is 0 Å². The van der Waals surface area contributed by atoms with E-state index in [9.17, 15) is 13.2 Å². The summed E-state index contributed by atoms with van der Waals surface area (Å²) in [6, 6.07) is 15.0. The van der Waals surface area contributed by atoms with Crippen LogP contribution in [0.15, 0.2) is 72.8 Å². The summed E-state index contributed by atoms with van der Waals surface area (Å²) in [5.41, 5.74) is 2.47. The van der Waals surface area contributed by atoms with Crippen LogP contribution >= 0.6 is 0 Å². The van der Waals surface area contributed by atoms with E-state index in [0.29, 0.717) is 24.2 Å². The van der Waals surface area contributed by atoms with Crippen molar-refractivity contribution in [3.8, 4) is 0 Å². The average molecular weight is 483 g/mol. The van der Waals surface area contributed by atoms with Gasteiger partial charge in [-0.25, -0.2) is 0 Å². The molecular formula is C30H37F3N2. The predicted molar refractivity (Wildman–Crippen MR) is 138 cm³/mol. The minimum Gasteiger partial charge on any atom is -0.381 e. The summed E-state index contributed by atoms with van der Waals surface area (Å²) >= 11 is 0. The number of hydrogen-bond donors (Lipinski definition) is 2. The molecule has 0 bridgehead atoms. The zero-order valence-corrected chi connectivity index (χ0v) is 20.5. The van der Waals surface area contributed by atoms with Gasteiger partial charge in [0.2, 0.25) is 0 Å². The van der Waals surface area contributed by atoms with Crippen LogP contribution in [0.25, 0.3) is 0 Å². The maximum atomic E-state index is 13.3. The van der Waals surface area contributed by atoms with Crippen LogP contribution in [-0.2, 0) is 19.0 Å². The summed E-state index contributed by atoms with van der Waals surface area (Å²) in [4.78, 5) is 0. The molecule has 0 spiro atoms. The number of anilines is 1. The quantitative estimate of drug-likeness (QED) is 0.344. The molecule has 2 aliphatic rings. The van der Waals surface area contributed by atoms with Crippen molar-refractivity contribution in [2.24, 2.45) is 17.8 Å². The first kappa shape index (κ1) is 25.6. The van der Waals surface area contributed by atoms with Gasteiger partial charge < -0.3 is 10.6 Å². The highest BCUT2D eigenvalue weighted by atomic mass is 19.4. The lowest BCUT2D eigenvalue weighted by Crippen LogP contribution is -2.41. The molecule has 0 fully saturated rings. The second-order valence-electron chi connectivity index (χ2n) is 10.2. The van der Waals surface area contributed by atoms with E-state index in [-0.39, 0.29) is 6.04 Å². The first-order valence-electron chi connectivity index (χ1n) is 12.9. The molecule has 1 aliphatic carbocycles. The van der Waals surface area contributed by atoms with Gasteiger partial charge >= 0.3 is 6.18 Å². The van der Waals surface area contributed by atoms with Crippen LogP contribution in [0.4, 0.5) is 18.9 Å². The molecule has 5 heteroatoms. The lowest BCUT2D eigenvalue weighted by Gasteiger charge is -2.39. The molecule has 1 heterocycles. The van der Waals surface area contributed by atoms with Gasteiger partial charge in [-0.1, -0.05) is 61.6 Å². The van der Waals surface area contributed by atoms with Crippen molar-refractivity contribution in [2.45, 2.75) is 57.7 Å². The fourth-order valence-electron chi connectivity index (χ4n) is 5.40. The van der Waals surface area contributed by atoms with Gasteiger partial charge in [-0.2, -0.15) is 13.2 Å². The first-order chi connectivity index (χ1) is 16.9. The van der Waals surface area contributed by atoms with Gasteiger partial charge in [-0.15, -0.1) is 0 Å². The molecule has 0 saturated heterocycles. The van der Waals surface area contributed by atoms with Gasteiger partial charge in [-0.3, -0.25) is 0 Å². The van der Waals surface area contributed by atoms with E-state index < -0.39 is 11.7 Å². The number of nitrogens with one attached hydrogen (secondary N) is 2. The van der Waals surface area contributed by atoms with Gasteiger partial charge in [0.15, 0.2) is 0 Å². The minimum atomic E-state index is -4.31. The van der Waals surface area contributed by atoms with Crippen molar-refractivity contribution >= 4 is 5.69 Å². The van der Waals surface area contributed by atoms with E-state index in [1.54, 1.807) is 6.07 Å². The number of aryl methyl sites for hydroxylation is 1. The Morgan fingerprint density at radius 2 is 1.91 bits per heavy atom. The van der Waals surface area contributed by atoms with Crippen LogP contribution in [0.1, 0.15) is 49.3 Å². The minimum absolute atomic E-state index is 0.242. The van der Waals surface area contributed by atoms with Crippen LogP contribution in [0.3, 0.4) is 0 Å². The lowest BCUT2D eigenvalue weighted by atomic mass is 9.75. The predicted octanol–water partition coefficient (Wildman–Crippen LogP) is 7.43. The molecule has 2 nitrogen and oxygen atoms in total. The topological polar surface area (TPSA) is 24.1 Å². The molecule has 0 aromatic heterocycles. The molecule has 1 unspecified atom stereocenters. The van der Waals surface area contributed by atoms with Crippen LogP contribution in [0.5, 0.6) is 0 Å². The van der Waals surface area contributed by atoms with E-state index in [1.165, 1.54) is 17.7 Å². The third-order valence-electron chi connectivity index (χ3n) is 7.40. The zero-order chi connectivity index (χ0) is 24.7. The molecule has 35 heavy (non-hydrogen) atoms. The van der Waals surface area contributed by atoms with Crippen LogP contribution in [-0.4, -0.2) is 19.1 Å². The Hall–Kier alpha value is -2.53. The Balaban J connectivity index is 1.31. The van der Waals surface area contributed by atoms with Gasteiger partial charge in [0, 0.05) is 17.6 Å². The number of halogens is 3. The third-order valence-corrected chi connectivity index (χ3v) is 7.40. The van der Waals surface area contributed by atoms with Gasteiger partial charge in [-0.05, 0) is 92.8 Å². The molecule has 1 aliphatic heterocycles. The second-order valence-corrected chi connectivity index (χ2v) is 10.2. The Morgan fingerprint density at radius 1 is 1.09 bits per heavy atom. The number of benzene rings is 2. The highest BCUT2D eigenvalue weighted by Gasteiger charge is 2.36. The van der Waals surface area contributed by atoms with Crippen molar-refractivity contribution < 1.29 is 13.2 Å². The van der Waals surface area contributed by atoms with Gasteiger partial charge in [0.25, 0.3) is 0 Å². The Morgan fingerprint density at radius 3 is 2.66 bits per heavy atom. The van der Waals surface area contributed by atoms with Crippen LogP contribution in [0.2, 0.25) is 0 Å². The summed E-state index contributed by atoms with van der Waals surface area (Å²) in [5.74, 6) is 1.21. The molecule has 0 saturated carbocycles. The van der Waals surface area contributed by atoms with Crippen LogP contribution in [0, 0.1) is 17.8 Å². The maximum Gasteiger partial charge on any atom is 0.416 e. The van der Waals surface area contributed by atoms with E-state index in [4.69, 9.17) is 0 Å². The summed E-state index contributed by atoms with van der Waals surface area (Å²) in [6.45, 7) is 4.24. The fraction of sp³-hybridized carbons (Fsp3) is 0.467. The summed E-state index contributed by atoms with van der Waals surface area (Å²) in [5, 5.41) is 7.22. The number of fused-ring (bicyclic) bond motifs is 1. The molecule has 4 rings (SSSR count). The average Bonchev–Trinajstić information content (AvgIpc) is 2.87. The van der Waals surface area contributed by atoms with Crippen molar-refractivity contribution in [1.82, 2.24) is 5.32 Å². The fourth-order valence-corrected chi connectivity index (χ4v) is 5.40. The van der Waals surface area contributed by atoms with Crippen molar-refractivity contribution in [2.75, 3.05) is 18.4 Å². The van der Waals surface area contributed by atoms with Gasteiger partial charge in [0.1, 0.15) is 0 Å². The standard InChI is InChI=1S/C30H37F3N2/c1-22(21-34-18-8-11-23-9-4-2-5-10-23)14-15-25-19-26-20-27(30(31,32)33)16-17-28(26)35-29(25)24-12-6-3-7-13-24/h2-7,9-10,12,16-17,20,22,24-25,29,34-35H,8,11,13-15,18-19,21H2,1H3/t22-,24?,25-,29+/m1/s1. The molecule has 2 N–H and O–H groups in total. The number of rotatable bonds is 10. The molecule has 188 valence electrons. The Kier molecular flexibility index (Phi) is 8.72. The highest BCUT2D eigenvalue weighted by Crippen LogP contribution is 2.39. The number of alkyl halides is 3. The van der Waals surface area contributed by atoms with E-state index >= 15 is 0 Å². The van der Waals surface area contributed by atoms with E-state index in [0.717, 1.165) is 56.4 Å². The number of hydrogen-bond acceptors (Lipinski definition) is 2. The molecular weight excluding hydrogens is 445 g/mol. The van der Waals surface area contributed by atoms with Crippen molar-refractivity contribution in [3.05, 3.63) is 89.5 Å². The monoisotopic (exact) mass is 482 g/mol. The van der Waals surface area contributed by atoms with Gasteiger partial charge in [0.05, 0.1) is 5.56 Å². The lowest BCUT2D eigenvalue weighted by molar-refractivity contribution is -0.137.